The fourth-order valence-electron chi connectivity index (χ4n) is 1.35. The highest BCUT2D eigenvalue weighted by Gasteiger charge is 2.21. The first-order chi connectivity index (χ1) is 7.60. The number of sulfonamides is 1. The topological polar surface area (TPSA) is 109 Å². The number of rotatable bonds is 5. The summed E-state index contributed by atoms with van der Waals surface area (Å²) >= 11 is 0. The fourth-order valence-corrected chi connectivity index (χ4v) is 3.66. The second-order valence-corrected chi connectivity index (χ2v) is 7.81. The summed E-state index contributed by atoms with van der Waals surface area (Å²) in [4.78, 5) is 6.35. The lowest BCUT2D eigenvalue weighted by Crippen LogP contribution is -2.37. The molecule has 1 atom stereocenters. The van der Waals surface area contributed by atoms with Crippen LogP contribution in [0, 0.1) is 6.92 Å². The molecule has 0 bridgehead atoms. The number of hydrogen-bond donors (Lipinski definition) is 2. The van der Waals surface area contributed by atoms with Crippen molar-refractivity contribution in [2.45, 2.75) is 24.9 Å². The molecule has 17 heavy (non-hydrogen) atoms. The first kappa shape index (κ1) is 14.1. The summed E-state index contributed by atoms with van der Waals surface area (Å²) in [6.45, 7) is 3.11. The van der Waals surface area contributed by atoms with Crippen molar-refractivity contribution in [1.29, 1.82) is 0 Å². The van der Waals surface area contributed by atoms with Crippen molar-refractivity contribution in [3.8, 4) is 0 Å². The molecule has 0 radical (unpaired) electrons. The minimum Gasteiger partial charge on any atom is -0.332 e. The van der Waals surface area contributed by atoms with Crippen LogP contribution in [0.2, 0.25) is 0 Å². The molecule has 0 saturated heterocycles. The highest BCUT2D eigenvalue weighted by atomic mass is 32.2. The largest absolute Gasteiger partial charge is 0.332 e. The van der Waals surface area contributed by atoms with Gasteiger partial charge in [-0.15, -0.1) is 0 Å². The van der Waals surface area contributed by atoms with Crippen LogP contribution in [0.3, 0.4) is 0 Å². The molecule has 1 unspecified atom stereocenters. The minimum absolute atomic E-state index is 0.0737. The number of nitrogens with one attached hydrogen (secondary N) is 2. The zero-order valence-corrected chi connectivity index (χ0v) is 11.4. The van der Waals surface area contributed by atoms with E-state index in [0.29, 0.717) is 5.82 Å². The molecule has 7 nitrogen and oxygen atoms in total. The van der Waals surface area contributed by atoms with Crippen molar-refractivity contribution in [3.05, 3.63) is 12.0 Å². The molecular formula is C8H15N3O4S2. The number of imidazole rings is 1. The molecule has 1 aromatic heterocycles. The third-order valence-electron chi connectivity index (χ3n) is 1.88. The molecular weight excluding hydrogens is 266 g/mol. The van der Waals surface area contributed by atoms with Crippen molar-refractivity contribution < 1.29 is 16.8 Å². The van der Waals surface area contributed by atoms with Crippen LogP contribution in [0.4, 0.5) is 0 Å². The van der Waals surface area contributed by atoms with Gasteiger partial charge in [0.2, 0.25) is 0 Å². The molecule has 0 aliphatic carbocycles. The van der Waals surface area contributed by atoms with Gasteiger partial charge in [-0.2, -0.15) is 0 Å². The molecule has 0 saturated carbocycles. The fraction of sp³-hybridized carbons (Fsp3) is 0.625. The SMILES string of the molecule is Cc1ncc(S(=O)(=O)NC(C)CS(C)(=O)=O)[nH]1. The van der Waals surface area contributed by atoms with Crippen molar-refractivity contribution >= 4 is 19.9 Å². The third kappa shape index (κ3) is 4.44. The number of sulfone groups is 1. The van der Waals surface area contributed by atoms with Crippen LogP contribution in [0.15, 0.2) is 11.2 Å². The van der Waals surface area contributed by atoms with Crippen molar-refractivity contribution in [1.82, 2.24) is 14.7 Å². The Balaban J connectivity index is 2.81. The molecule has 1 heterocycles. The lowest BCUT2D eigenvalue weighted by atomic mass is 10.4. The zero-order valence-electron chi connectivity index (χ0n) is 9.76. The number of hydrogen-bond acceptors (Lipinski definition) is 5. The zero-order chi connectivity index (χ0) is 13.3. The van der Waals surface area contributed by atoms with E-state index in [1.165, 1.54) is 13.1 Å². The second kappa shape index (κ2) is 4.75. The third-order valence-corrected chi connectivity index (χ3v) is 4.48. The van der Waals surface area contributed by atoms with E-state index in [9.17, 15) is 16.8 Å². The Morgan fingerprint density at radius 3 is 2.41 bits per heavy atom. The minimum atomic E-state index is -3.74. The van der Waals surface area contributed by atoms with Gasteiger partial charge in [-0.3, -0.25) is 0 Å². The number of aryl methyl sites for hydroxylation is 1. The van der Waals surface area contributed by atoms with E-state index in [4.69, 9.17) is 0 Å². The maximum absolute atomic E-state index is 11.8. The summed E-state index contributed by atoms with van der Waals surface area (Å²) < 4.78 is 47.8. The second-order valence-electron chi connectivity index (χ2n) is 3.95. The van der Waals surface area contributed by atoms with E-state index in [2.05, 4.69) is 14.7 Å². The van der Waals surface area contributed by atoms with E-state index in [1.807, 2.05) is 0 Å². The van der Waals surface area contributed by atoms with Crippen LogP contribution in [0.25, 0.3) is 0 Å². The van der Waals surface area contributed by atoms with E-state index >= 15 is 0 Å². The Kier molecular flexibility index (Phi) is 3.95. The molecule has 0 aromatic carbocycles. The Hall–Kier alpha value is -0.930. The number of H-pyrrole nitrogens is 1. The average molecular weight is 281 g/mol. The summed E-state index contributed by atoms with van der Waals surface area (Å²) in [7, 11) is -6.97. The van der Waals surface area contributed by atoms with Gasteiger partial charge in [0.05, 0.1) is 11.9 Å². The van der Waals surface area contributed by atoms with Gasteiger partial charge in [0.25, 0.3) is 10.0 Å². The molecule has 2 N–H and O–H groups in total. The van der Waals surface area contributed by atoms with Gasteiger partial charge in [0.1, 0.15) is 15.7 Å². The van der Waals surface area contributed by atoms with Gasteiger partial charge in [-0.25, -0.2) is 26.5 Å². The van der Waals surface area contributed by atoms with Crippen molar-refractivity contribution in [3.63, 3.8) is 0 Å². The van der Waals surface area contributed by atoms with Gasteiger partial charge in [-0.1, -0.05) is 0 Å². The Morgan fingerprint density at radius 1 is 1.41 bits per heavy atom. The molecule has 0 fully saturated rings. The maximum Gasteiger partial charge on any atom is 0.257 e. The molecule has 1 rings (SSSR count). The number of aromatic nitrogens is 2. The van der Waals surface area contributed by atoms with Gasteiger partial charge in [0, 0.05) is 12.3 Å². The van der Waals surface area contributed by atoms with Gasteiger partial charge in [-0.05, 0) is 13.8 Å². The number of nitrogens with zero attached hydrogens (tertiary/aromatic N) is 1. The number of aromatic amines is 1. The summed E-state index contributed by atoms with van der Waals surface area (Å²) in [6.07, 6.45) is 2.24. The van der Waals surface area contributed by atoms with E-state index in [1.54, 1.807) is 6.92 Å². The molecule has 9 heteroatoms. The lowest BCUT2D eigenvalue weighted by Gasteiger charge is -2.11. The summed E-state index contributed by atoms with van der Waals surface area (Å²) in [5, 5.41) is -0.0737. The van der Waals surface area contributed by atoms with Gasteiger partial charge in [0.15, 0.2) is 5.03 Å². The van der Waals surface area contributed by atoms with E-state index in [0.717, 1.165) is 6.26 Å². The lowest BCUT2D eigenvalue weighted by molar-refractivity contribution is 0.561. The van der Waals surface area contributed by atoms with Crippen LogP contribution in [0.5, 0.6) is 0 Å². The summed E-state index contributed by atoms with van der Waals surface area (Å²) in [5.74, 6) is 0.223. The quantitative estimate of drug-likeness (QED) is 0.751. The average Bonchev–Trinajstić information content (AvgIpc) is 2.46. The summed E-state index contributed by atoms with van der Waals surface area (Å²) in [5.41, 5.74) is 0. The Morgan fingerprint density at radius 2 is 2.00 bits per heavy atom. The van der Waals surface area contributed by atoms with E-state index < -0.39 is 25.9 Å². The predicted molar refractivity (Wildman–Crippen MR) is 62.8 cm³/mol. The molecule has 1 aromatic rings. The van der Waals surface area contributed by atoms with Crippen LogP contribution < -0.4 is 4.72 Å². The smallest absolute Gasteiger partial charge is 0.257 e. The van der Waals surface area contributed by atoms with Crippen LogP contribution in [-0.4, -0.2) is 44.9 Å². The maximum atomic E-state index is 11.8. The monoisotopic (exact) mass is 281 g/mol. The Labute approximate surface area is 101 Å². The standard InChI is InChI=1S/C8H15N3O4S2/c1-6(5-16(3,12)13)11-17(14,15)8-4-9-7(2)10-8/h4,6,11H,5H2,1-3H3,(H,9,10). The van der Waals surface area contributed by atoms with Crippen LogP contribution in [-0.2, 0) is 19.9 Å². The molecule has 0 aliphatic rings. The van der Waals surface area contributed by atoms with E-state index in [-0.39, 0.29) is 10.8 Å². The summed E-state index contributed by atoms with van der Waals surface area (Å²) in [6, 6.07) is -0.696. The molecule has 98 valence electrons. The van der Waals surface area contributed by atoms with Crippen LogP contribution in [0.1, 0.15) is 12.7 Å². The molecule has 0 aliphatic heterocycles. The van der Waals surface area contributed by atoms with Crippen LogP contribution >= 0.6 is 0 Å². The molecule has 0 amide bonds. The molecule has 0 spiro atoms. The van der Waals surface area contributed by atoms with Crippen molar-refractivity contribution in [2.75, 3.05) is 12.0 Å². The highest BCUT2D eigenvalue weighted by molar-refractivity contribution is 7.91. The Bertz CT molecular complexity index is 588. The van der Waals surface area contributed by atoms with Crippen molar-refractivity contribution in [2.24, 2.45) is 0 Å². The van der Waals surface area contributed by atoms with Gasteiger partial charge >= 0.3 is 0 Å². The normalized spacial score (nSPS) is 14.8. The highest BCUT2D eigenvalue weighted by Crippen LogP contribution is 2.06. The first-order valence-electron chi connectivity index (χ1n) is 4.82. The van der Waals surface area contributed by atoms with Gasteiger partial charge < -0.3 is 4.98 Å². The predicted octanol–water partition coefficient (Wildman–Crippen LogP) is -0.570. The first-order valence-corrected chi connectivity index (χ1v) is 8.36.